The van der Waals surface area contributed by atoms with Crippen molar-refractivity contribution in [3.8, 4) is 0 Å². The molecular weight excluding hydrogens is 272 g/mol. The molecule has 6 nitrogen and oxygen atoms in total. The second kappa shape index (κ2) is 6.11. The molecular formula is C15H20N2O4. The van der Waals surface area contributed by atoms with Crippen LogP contribution in [0.2, 0.25) is 0 Å². The summed E-state index contributed by atoms with van der Waals surface area (Å²) in [6.45, 7) is 2.17. The maximum Gasteiger partial charge on any atom is 0.303 e. The molecule has 6 heteroatoms. The smallest absolute Gasteiger partial charge is 0.303 e. The topological polar surface area (TPSA) is 90.5 Å². The molecule has 0 unspecified atom stereocenters. The second-order valence-corrected chi connectivity index (χ2v) is 5.48. The van der Waals surface area contributed by atoms with Gasteiger partial charge in [-0.3, -0.25) is 14.4 Å². The normalized spacial score (nSPS) is 13.9. The fourth-order valence-electron chi connectivity index (χ4n) is 2.75. The highest BCUT2D eigenvalue weighted by Gasteiger charge is 2.27. The number of aryl methyl sites for hydroxylation is 1. The molecule has 114 valence electrons. The number of nitrogens with zero attached hydrogens (tertiary/aromatic N) is 1. The number of hydrogen-bond acceptors (Lipinski definition) is 3. The van der Waals surface area contributed by atoms with Crippen molar-refractivity contribution in [3.63, 3.8) is 0 Å². The fourth-order valence-corrected chi connectivity index (χ4v) is 2.75. The molecule has 1 aromatic rings. The van der Waals surface area contributed by atoms with Crippen molar-refractivity contribution in [1.82, 2.24) is 9.88 Å². The predicted molar refractivity (Wildman–Crippen MR) is 76.6 cm³/mol. The van der Waals surface area contributed by atoms with Crippen LogP contribution < -0.4 is 0 Å². The Morgan fingerprint density at radius 1 is 1.33 bits per heavy atom. The van der Waals surface area contributed by atoms with E-state index in [2.05, 4.69) is 4.98 Å². The highest BCUT2D eigenvalue weighted by molar-refractivity contribution is 6.04. The molecule has 21 heavy (non-hydrogen) atoms. The highest BCUT2D eigenvalue weighted by Crippen LogP contribution is 2.27. The van der Waals surface area contributed by atoms with Crippen LogP contribution in [0.4, 0.5) is 0 Å². The monoisotopic (exact) mass is 292 g/mol. The molecule has 0 aromatic carbocycles. The van der Waals surface area contributed by atoms with Crippen molar-refractivity contribution in [3.05, 3.63) is 22.5 Å². The second-order valence-electron chi connectivity index (χ2n) is 5.48. The Bertz CT molecular complexity index is 589. The first-order chi connectivity index (χ1) is 9.91. The molecule has 0 radical (unpaired) electrons. The number of ketones is 1. The molecule has 0 fully saturated rings. The van der Waals surface area contributed by atoms with E-state index >= 15 is 0 Å². The molecule has 0 saturated carbocycles. The molecule has 0 bridgehead atoms. The Hall–Kier alpha value is -2.11. The first-order valence-corrected chi connectivity index (χ1v) is 7.13. The van der Waals surface area contributed by atoms with Gasteiger partial charge in [0.1, 0.15) is 5.69 Å². The van der Waals surface area contributed by atoms with E-state index in [9.17, 15) is 14.4 Å². The summed E-state index contributed by atoms with van der Waals surface area (Å²) in [6.07, 6.45) is 2.59. The number of H-pyrrole nitrogens is 1. The number of Topliss-reactive ketones (excluding diaryl/α,β-unsaturated/α-hetero) is 1. The van der Waals surface area contributed by atoms with Gasteiger partial charge < -0.3 is 15.0 Å². The number of hydrogen-bond donors (Lipinski definition) is 2. The maximum atomic E-state index is 12.4. The molecule has 1 aliphatic rings. The summed E-state index contributed by atoms with van der Waals surface area (Å²) in [5.41, 5.74) is 2.69. The minimum absolute atomic E-state index is 0.0380. The Balaban J connectivity index is 2.13. The van der Waals surface area contributed by atoms with E-state index in [0.29, 0.717) is 36.2 Å². The van der Waals surface area contributed by atoms with Gasteiger partial charge in [0.25, 0.3) is 5.91 Å². The van der Waals surface area contributed by atoms with E-state index in [4.69, 9.17) is 5.11 Å². The third-order valence-electron chi connectivity index (χ3n) is 3.88. The SMILES string of the molecule is Cc1c(C(=O)N(C)CCCC(=O)O)[nH]c2c1C(=O)CCC2. The van der Waals surface area contributed by atoms with Crippen molar-refractivity contribution in [2.75, 3.05) is 13.6 Å². The molecule has 0 atom stereocenters. The molecule has 0 saturated heterocycles. The maximum absolute atomic E-state index is 12.4. The minimum atomic E-state index is -0.868. The molecule has 1 heterocycles. The first-order valence-electron chi connectivity index (χ1n) is 7.13. The summed E-state index contributed by atoms with van der Waals surface area (Å²) in [6, 6.07) is 0. The zero-order chi connectivity index (χ0) is 15.6. The molecule has 1 amide bonds. The van der Waals surface area contributed by atoms with Crippen molar-refractivity contribution in [1.29, 1.82) is 0 Å². The number of fused-ring (bicyclic) bond motifs is 1. The number of amides is 1. The van der Waals surface area contributed by atoms with Crippen molar-refractivity contribution in [2.45, 2.75) is 39.0 Å². The van der Waals surface area contributed by atoms with E-state index in [1.54, 1.807) is 14.0 Å². The Labute approximate surface area is 123 Å². The van der Waals surface area contributed by atoms with E-state index in [0.717, 1.165) is 18.5 Å². The lowest BCUT2D eigenvalue weighted by Gasteiger charge is -2.16. The summed E-state index contributed by atoms with van der Waals surface area (Å²) in [4.78, 5) is 39.4. The van der Waals surface area contributed by atoms with Crippen LogP contribution in [-0.4, -0.2) is 46.2 Å². The van der Waals surface area contributed by atoms with Crippen LogP contribution in [-0.2, 0) is 11.2 Å². The minimum Gasteiger partial charge on any atom is -0.481 e. The molecule has 2 rings (SSSR count). The largest absolute Gasteiger partial charge is 0.481 e. The van der Waals surface area contributed by atoms with E-state index < -0.39 is 5.97 Å². The lowest BCUT2D eigenvalue weighted by atomic mass is 9.94. The number of aliphatic carboxylic acids is 1. The number of aromatic amines is 1. The van der Waals surface area contributed by atoms with Crippen LogP contribution in [0.15, 0.2) is 0 Å². The van der Waals surface area contributed by atoms with Crippen molar-refractivity contribution in [2.24, 2.45) is 0 Å². The van der Waals surface area contributed by atoms with Gasteiger partial charge in [-0.1, -0.05) is 0 Å². The van der Waals surface area contributed by atoms with Gasteiger partial charge in [0.15, 0.2) is 5.78 Å². The number of rotatable bonds is 5. The van der Waals surface area contributed by atoms with Gasteiger partial charge in [-0.25, -0.2) is 0 Å². The lowest BCUT2D eigenvalue weighted by molar-refractivity contribution is -0.137. The number of carbonyl (C=O) groups excluding carboxylic acids is 2. The van der Waals surface area contributed by atoms with Gasteiger partial charge in [0.05, 0.1) is 0 Å². The summed E-state index contributed by atoms with van der Waals surface area (Å²) < 4.78 is 0. The third kappa shape index (κ3) is 3.15. The van der Waals surface area contributed by atoms with Crippen LogP contribution in [0.3, 0.4) is 0 Å². The van der Waals surface area contributed by atoms with Gasteiger partial charge in [-0.15, -0.1) is 0 Å². The standard InChI is InChI=1S/C15H20N2O4/c1-9-13-10(5-3-6-11(13)18)16-14(9)15(21)17(2)8-4-7-12(19)20/h16H,3-8H2,1-2H3,(H,19,20). The molecule has 1 aromatic heterocycles. The number of carboxylic acids is 1. The number of aromatic nitrogens is 1. The summed E-state index contributed by atoms with van der Waals surface area (Å²) in [5, 5.41) is 8.62. The Morgan fingerprint density at radius 3 is 2.67 bits per heavy atom. The zero-order valence-electron chi connectivity index (χ0n) is 12.4. The van der Waals surface area contributed by atoms with Crippen molar-refractivity contribution >= 4 is 17.7 Å². The van der Waals surface area contributed by atoms with E-state index in [-0.39, 0.29) is 18.1 Å². The summed E-state index contributed by atoms with van der Waals surface area (Å²) in [7, 11) is 1.64. The summed E-state index contributed by atoms with van der Waals surface area (Å²) in [5.74, 6) is -0.967. The number of carbonyl (C=O) groups is 3. The number of carboxylic acid groups (broad SMARTS) is 1. The van der Waals surface area contributed by atoms with Crippen LogP contribution in [0.1, 0.15) is 57.8 Å². The van der Waals surface area contributed by atoms with Crippen LogP contribution >= 0.6 is 0 Å². The highest BCUT2D eigenvalue weighted by atomic mass is 16.4. The quantitative estimate of drug-likeness (QED) is 0.865. The average Bonchev–Trinajstić information content (AvgIpc) is 2.76. The summed E-state index contributed by atoms with van der Waals surface area (Å²) >= 11 is 0. The van der Waals surface area contributed by atoms with Gasteiger partial charge in [0.2, 0.25) is 0 Å². The van der Waals surface area contributed by atoms with Crippen LogP contribution in [0.25, 0.3) is 0 Å². The molecule has 2 N–H and O–H groups in total. The average molecular weight is 292 g/mol. The van der Waals surface area contributed by atoms with E-state index in [1.165, 1.54) is 4.90 Å². The predicted octanol–water partition coefficient (Wildman–Crippen LogP) is 1.78. The van der Waals surface area contributed by atoms with Crippen LogP contribution in [0.5, 0.6) is 0 Å². The Morgan fingerprint density at radius 2 is 2.05 bits per heavy atom. The lowest BCUT2D eigenvalue weighted by Crippen LogP contribution is -2.29. The van der Waals surface area contributed by atoms with Gasteiger partial charge >= 0.3 is 5.97 Å². The van der Waals surface area contributed by atoms with Gasteiger partial charge in [-0.2, -0.15) is 0 Å². The van der Waals surface area contributed by atoms with Crippen molar-refractivity contribution < 1.29 is 19.5 Å². The Kier molecular flexibility index (Phi) is 4.45. The number of nitrogens with one attached hydrogen (secondary N) is 1. The zero-order valence-corrected chi connectivity index (χ0v) is 12.4. The van der Waals surface area contributed by atoms with Gasteiger partial charge in [-0.05, 0) is 31.7 Å². The molecule has 0 aliphatic heterocycles. The molecule has 0 spiro atoms. The van der Waals surface area contributed by atoms with Gasteiger partial charge in [0, 0.05) is 37.7 Å². The third-order valence-corrected chi connectivity index (χ3v) is 3.88. The molecule has 1 aliphatic carbocycles. The van der Waals surface area contributed by atoms with E-state index in [1.807, 2.05) is 0 Å². The first kappa shape index (κ1) is 15.3. The fraction of sp³-hybridized carbons (Fsp3) is 0.533. The van der Waals surface area contributed by atoms with Crippen LogP contribution in [0, 0.1) is 6.92 Å².